The smallest absolute Gasteiger partial charge is 0.353 e. The van der Waals surface area contributed by atoms with Crippen LogP contribution in [-0.2, 0) is 0 Å². The van der Waals surface area contributed by atoms with Crippen molar-refractivity contribution in [3.63, 3.8) is 0 Å². The van der Waals surface area contributed by atoms with Crippen molar-refractivity contribution in [3.8, 4) is 17.1 Å². The van der Waals surface area contributed by atoms with Gasteiger partial charge in [0, 0.05) is 11.6 Å². The standard InChI is InChI=1S/C12H9NO4/c13-11(15)10-8(14)6-9(17-12(10)16)7-4-2-1-3-5-7/h1-6,14H,(H2,13,15). The van der Waals surface area contributed by atoms with Crippen molar-refractivity contribution in [3.05, 3.63) is 52.4 Å². The summed E-state index contributed by atoms with van der Waals surface area (Å²) in [6.45, 7) is 0. The molecule has 1 aromatic carbocycles. The van der Waals surface area contributed by atoms with Crippen LogP contribution in [0.15, 0.2) is 45.6 Å². The summed E-state index contributed by atoms with van der Waals surface area (Å²) in [6.07, 6.45) is 0. The molecule has 0 fully saturated rings. The monoisotopic (exact) mass is 231 g/mol. The van der Waals surface area contributed by atoms with Gasteiger partial charge in [-0.25, -0.2) is 4.79 Å². The Bertz CT molecular complexity index is 616. The topological polar surface area (TPSA) is 93.5 Å². The molecule has 0 spiro atoms. The summed E-state index contributed by atoms with van der Waals surface area (Å²) in [7, 11) is 0. The van der Waals surface area contributed by atoms with Crippen molar-refractivity contribution >= 4 is 5.91 Å². The van der Waals surface area contributed by atoms with Crippen molar-refractivity contribution in [1.82, 2.24) is 0 Å². The molecule has 0 bridgehead atoms. The minimum absolute atomic E-state index is 0.179. The quantitative estimate of drug-likeness (QED) is 0.809. The van der Waals surface area contributed by atoms with Crippen molar-refractivity contribution in [2.75, 3.05) is 0 Å². The van der Waals surface area contributed by atoms with E-state index in [1.165, 1.54) is 6.07 Å². The van der Waals surface area contributed by atoms with Gasteiger partial charge in [-0.1, -0.05) is 30.3 Å². The first-order chi connectivity index (χ1) is 8.09. The minimum Gasteiger partial charge on any atom is -0.507 e. The molecule has 0 aliphatic rings. The predicted molar refractivity (Wildman–Crippen MR) is 60.6 cm³/mol. The number of benzene rings is 1. The van der Waals surface area contributed by atoms with E-state index in [4.69, 9.17) is 10.2 Å². The molecule has 0 aliphatic carbocycles. The lowest BCUT2D eigenvalue weighted by atomic mass is 10.1. The van der Waals surface area contributed by atoms with Crippen LogP contribution >= 0.6 is 0 Å². The normalized spacial score (nSPS) is 10.1. The van der Waals surface area contributed by atoms with E-state index in [9.17, 15) is 14.7 Å². The third kappa shape index (κ3) is 2.03. The van der Waals surface area contributed by atoms with Gasteiger partial charge in [-0.15, -0.1) is 0 Å². The maximum Gasteiger partial charge on any atom is 0.353 e. The van der Waals surface area contributed by atoms with Gasteiger partial charge in [-0.05, 0) is 0 Å². The molecule has 2 rings (SSSR count). The Kier molecular flexibility index (Phi) is 2.66. The van der Waals surface area contributed by atoms with Crippen molar-refractivity contribution in [2.45, 2.75) is 0 Å². The van der Waals surface area contributed by atoms with Gasteiger partial charge in [0.1, 0.15) is 11.5 Å². The third-order valence-corrected chi connectivity index (χ3v) is 2.24. The number of primary amides is 1. The molecule has 3 N–H and O–H groups in total. The van der Waals surface area contributed by atoms with Crippen LogP contribution in [-0.4, -0.2) is 11.0 Å². The molecule has 1 heterocycles. The largest absolute Gasteiger partial charge is 0.507 e. The highest BCUT2D eigenvalue weighted by molar-refractivity contribution is 5.95. The van der Waals surface area contributed by atoms with E-state index in [2.05, 4.69) is 0 Å². The van der Waals surface area contributed by atoms with Gasteiger partial charge < -0.3 is 15.3 Å². The van der Waals surface area contributed by atoms with Crippen LogP contribution < -0.4 is 11.4 Å². The SMILES string of the molecule is NC(=O)c1c(O)cc(-c2ccccc2)oc1=O. The molecule has 0 aliphatic heterocycles. The Balaban J connectivity index is 2.62. The molecule has 17 heavy (non-hydrogen) atoms. The summed E-state index contributed by atoms with van der Waals surface area (Å²) in [6, 6.07) is 9.93. The van der Waals surface area contributed by atoms with Gasteiger partial charge in [0.15, 0.2) is 5.56 Å². The molecule has 0 unspecified atom stereocenters. The van der Waals surface area contributed by atoms with E-state index in [1.54, 1.807) is 30.3 Å². The molecule has 1 aromatic heterocycles. The van der Waals surface area contributed by atoms with E-state index >= 15 is 0 Å². The predicted octanol–water partition coefficient (Wildman–Crippen LogP) is 1.11. The summed E-state index contributed by atoms with van der Waals surface area (Å²) in [5.41, 5.74) is 4.08. The van der Waals surface area contributed by atoms with Crippen molar-refractivity contribution in [2.24, 2.45) is 5.73 Å². The zero-order chi connectivity index (χ0) is 12.4. The highest BCUT2D eigenvalue weighted by Crippen LogP contribution is 2.23. The van der Waals surface area contributed by atoms with E-state index in [0.717, 1.165) is 0 Å². The molecule has 5 heteroatoms. The summed E-state index contributed by atoms with van der Waals surface area (Å²) >= 11 is 0. The third-order valence-electron chi connectivity index (χ3n) is 2.24. The first-order valence-corrected chi connectivity index (χ1v) is 4.82. The van der Waals surface area contributed by atoms with E-state index in [1.807, 2.05) is 0 Å². The lowest BCUT2D eigenvalue weighted by molar-refractivity contribution is 0.0993. The van der Waals surface area contributed by atoms with Gasteiger partial charge in [-0.2, -0.15) is 0 Å². The van der Waals surface area contributed by atoms with Crippen LogP contribution in [0.1, 0.15) is 10.4 Å². The summed E-state index contributed by atoms with van der Waals surface area (Å²) in [4.78, 5) is 22.3. The van der Waals surface area contributed by atoms with Crippen LogP contribution in [0.4, 0.5) is 0 Å². The second-order valence-corrected chi connectivity index (χ2v) is 3.39. The van der Waals surface area contributed by atoms with Crippen LogP contribution in [0.25, 0.3) is 11.3 Å². The number of carbonyl (C=O) groups excluding carboxylic acids is 1. The number of nitrogens with two attached hydrogens (primary N) is 1. The molecular formula is C12H9NO4. The number of hydrogen-bond donors (Lipinski definition) is 2. The van der Waals surface area contributed by atoms with Crippen LogP contribution in [0.2, 0.25) is 0 Å². The van der Waals surface area contributed by atoms with E-state index in [0.29, 0.717) is 5.56 Å². The first kappa shape index (κ1) is 10.9. The number of aromatic hydroxyl groups is 1. The minimum atomic E-state index is -1.02. The van der Waals surface area contributed by atoms with Gasteiger partial charge >= 0.3 is 5.63 Å². The number of hydrogen-bond acceptors (Lipinski definition) is 4. The van der Waals surface area contributed by atoms with Crippen LogP contribution in [0.3, 0.4) is 0 Å². The average molecular weight is 231 g/mol. The Labute approximate surface area is 96.1 Å². The molecule has 0 saturated carbocycles. The fourth-order valence-corrected chi connectivity index (χ4v) is 1.45. The molecule has 0 radical (unpaired) electrons. The van der Waals surface area contributed by atoms with E-state index < -0.39 is 22.8 Å². The van der Waals surface area contributed by atoms with Gasteiger partial charge in [-0.3, -0.25) is 4.79 Å². The molecule has 0 saturated heterocycles. The second kappa shape index (κ2) is 4.13. The second-order valence-electron chi connectivity index (χ2n) is 3.39. The number of amides is 1. The fourth-order valence-electron chi connectivity index (χ4n) is 1.45. The molecule has 5 nitrogen and oxygen atoms in total. The zero-order valence-electron chi connectivity index (χ0n) is 8.71. The number of carbonyl (C=O) groups is 1. The van der Waals surface area contributed by atoms with Gasteiger partial charge in [0.25, 0.3) is 5.91 Å². The summed E-state index contributed by atoms with van der Waals surface area (Å²) in [5.74, 6) is -1.32. The van der Waals surface area contributed by atoms with Crippen molar-refractivity contribution < 1.29 is 14.3 Å². The molecular weight excluding hydrogens is 222 g/mol. The lowest BCUT2D eigenvalue weighted by Gasteiger charge is -2.03. The number of rotatable bonds is 2. The van der Waals surface area contributed by atoms with Gasteiger partial charge in [0.05, 0.1) is 0 Å². The maximum atomic E-state index is 11.4. The maximum absolute atomic E-state index is 11.4. The lowest BCUT2D eigenvalue weighted by Crippen LogP contribution is -2.21. The highest BCUT2D eigenvalue weighted by Gasteiger charge is 2.16. The van der Waals surface area contributed by atoms with Crippen LogP contribution in [0.5, 0.6) is 5.75 Å². The Hall–Kier alpha value is -2.56. The Morgan fingerprint density at radius 3 is 2.41 bits per heavy atom. The molecule has 1 amide bonds. The van der Waals surface area contributed by atoms with E-state index in [-0.39, 0.29) is 5.76 Å². The molecule has 86 valence electrons. The fraction of sp³-hybridized carbons (Fsp3) is 0. The molecule has 0 atom stereocenters. The van der Waals surface area contributed by atoms with Gasteiger partial charge in [0.2, 0.25) is 0 Å². The highest BCUT2D eigenvalue weighted by atomic mass is 16.4. The average Bonchev–Trinajstić information content (AvgIpc) is 2.28. The summed E-state index contributed by atoms with van der Waals surface area (Å²) < 4.78 is 4.92. The molecule has 2 aromatic rings. The zero-order valence-corrected chi connectivity index (χ0v) is 8.71. The summed E-state index contributed by atoms with van der Waals surface area (Å²) in [5, 5.41) is 9.54. The first-order valence-electron chi connectivity index (χ1n) is 4.82. The van der Waals surface area contributed by atoms with Crippen LogP contribution in [0, 0.1) is 0 Å². The Morgan fingerprint density at radius 1 is 1.24 bits per heavy atom. The Morgan fingerprint density at radius 2 is 1.88 bits per heavy atom. The van der Waals surface area contributed by atoms with Crippen molar-refractivity contribution in [1.29, 1.82) is 0 Å².